The van der Waals surface area contributed by atoms with Gasteiger partial charge in [-0.15, -0.1) is 0 Å². The van der Waals surface area contributed by atoms with Crippen LogP contribution >= 0.6 is 11.6 Å². The minimum atomic E-state index is -0.821. The molecule has 29 heavy (non-hydrogen) atoms. The predicted octanol–water partition coefficient (Wildman–Crippen LogP) is 3.95. The second kappa shape index (κ2) is 8.36. The highest BCUT2D eigenvalue weighted by atomic mass is 35.5. The van der Waals surface area contributed by atoms with E-state index in [9.17, 15) is 14.7 Å². The highest BCUT2D eigenvalue weighted by Crippen LogP contribution is 2.24. The number of aryl methyl sites for hydroxylation is 2. The molecule has 0 unspecified atom stereocenters. The van der Waals surface area contributed by atoms with Crippen LogP contribution in [0, 0.1) is 20.8 Å². The number of anilines is 1. The lowest BCUT2D eigenvalue weighted by Crippen LogP contribution is -2.21. The van der Waals surface area contributed by atoms with Gasteiger partial charge in [0, 0.05) is 5.02 Å². The number of rotatable bonds is 5. The van der Waals surface area contributed by atoms with E-state index in [-0.39, 0.29) is 16.3 Å². The number of phenolic OH excluding ortho intramolecular Hbond substituents is 1. The summed E-state index contributed by atoms with van der Waals surface area (Å²) in [7, 11) is 0. The van der Waals surface area contributed by atoms with E-state index in [0.29, 0.717) is 11.4 Å². The Bertz CT molecular complexity index is 1070. The number of phenols is 1. The van der Waals surface area contributed by atoms with Gasteiger partial charge >= 0.3 is 5.97 Å². The maximum Gasteiger partial charge on any atom is 0.342 e. The van der Waals surface area contributed by atoms with Crippen molar-refractivity contribution in [1.82, 2.24) is 9.78 Å². The molecule has 0 aliphatic carbocycles. The van der Waals surface area contributed by atoms with Crippen LogP contribution in [-0.4, -0.2) is 33.4 Å². The Hall–Kier alpha value is -3.32. The Kier molecular flexibility index (Phi) is 5.89. The summed E-state index contributed by atoms with van der Waals surface area (Å²) in [5.41, 5.74) is 3.89. The Morgan fingerprint density at radius 3 is 2.48 bits per heavy atom. The molecule has 8 heteroatoms. The van der Waals surface area contributed by atoms with Crippen LogP contribution in [0.3, 0.4) is 0 Å². The van der Waals surface area contributed by atoms with Crippen LogP contribution in [-0.2, 0) is 9.53 Å². The number of ether oxygens (including phenoxy) is 1. The van der Waals surface area contributed by atoms with E-state index in [1.54, 1.807) is 11.6 Å². The number of aromatic nitrogens is 2. The van der Waals surface area contributed by atoms with E-state index in [4.69, 9.17) is 16.3 Å². The van der Waals surface area contributed by atoms with Crippen LogP contribution in [0.5, 0.6) is 5.75 Å². The number of hydrogen-bond acceptors (Lipinski definition) is 5. The van der Waals surface area contributed by atoms with Gasteiger partial charge in [0.05, 0.1) is 22.8 Å². The van der Waals surface area contributed by atoms with Crippen LogP contribution < -0.4 is 5.32 Å². The van der Waals surface area contributed by atoms with Gasteiger partial charge in [-0.1, -0.05) is 29.3 Å². The molecule has 3 rings (SSSR count). The van der Waals surface area contributed by atoms with Crippen molar-refractivity contribution in [1.29, 1.82) is 0 Å². The molecule has 7 nitrogen and oxygen atoms in total. The number of nitrogens with one attached hydrogen (secondary N) is 1. The zero-order valence-corrected chi connectivity index (χ0v) is 16.9. The number of carbonyl (C=O) groups excluding carboxylic acids is 2. The third kappa shape index (κ3) is 4.57. The zero-order chi connectivity index (χ0) is 21.1. The standard InChI is InChI=1S/C21H20ClN3O4/c1-12-4-7-16(8-5-12)25-14(3)20(13(2)24-25)23-19(27)11-29-21(28)17-9-6-15(22)10-18(17)26/h4-10,26H,11H2,1-3H3,(H,23,27). The summed E-state index contributed by atoms with van der Waals surface area (Å²) in [5.74, 6) is -1.64. The lowest BCUT2D eigenvalue weighted by Gasteiger charge is -2.09. The normalized spacial score (nSPS) is 10.6. The Morgan fingerprint density at radius 1 is 1.14 bits per heavy atom. The first-order valence-corrected chi connectivity index (χ1v) is 9.23. The van der Waals surface area contributed by atoms with E-state index in [1.807, 2.05) is 38.1 Å². The monoisotopic (exact) mass is 413 g/mol. The van der Waals surface area contributed by atoms with Gasteiger partial charge in [0.2, 0.25) is 0 Å². The van der Waals surface area contributed by atoms with Gasteiger partial charge in [-0.05, 0) is 51.1 Å². The summed E-state index contributed by atoms with van der Waals surface area (Å²) in [6.45, 7) is 5.12. The molecule has 2 N–H and O–H groups in total. The highest BCUT2D eigenvalue weighted by Gasteiger charge is 2.18. The van der Waals surface area contributed by atoms with Crippen LogP contribution in [0.4, 0.5) is 5.69 Å². The van der Waals surface area contributed by atoms with Gasteiger partial charge in [0.1, 0.15) is 11.3 Å². The van der Waals surface area contributed by atoms with E-state index < -0.39 is 18.5 Å². The summed E-state index contributed by atoms with van der Waals surface area (Å²) >= 11 is 5.74. The average molecular weight is 414 g/mol. The van der Waals surface area contributed by atoms with Crippen LogP contribution in [0.25, 0.3) is 5.69 Å². The first kappa shape index (κ1) is 20.4. The summed E-state index contributed by atoms with van der Waals surface area (Å²) in [4.78, 5) is 24.3. The molecular weight excluding hydrogens is 394 g/mol. The minimum Gasteiger partial charge on any atom is -0.507 e. The molecule has 0 aliphatic rings. The molecule has 0 aliphatic heterocycles. The summed E-state index contributed by atoms with van der Waals surface area (Å²) in [6, 6.07) is 11.9. The summed E-state index contributed by atoms with van der Waals surface area (Å²) < 4.78 is 6.72. The maximum absolute atomic E-state index is 12.3. The molecule has 1 heterocycles. The molecule has 1 aromatic heterocycles. The SMILES string of the molecule is Cc1ccc(-n2nc(C)c(NC(=O)COC(=O)c3ccc(Cl)cc3O)c2C)cc1. The van der Waals surface area contributed by atoms with Crippen LogP contribution in [0.1, 0.15) is 27.3 Å². The quantitative estimate of drug-likeness (QED) is 0.617. The second-order valence-electron chi connectivity index (χ2n) is 6.58. The highest BCUT2D eigenvalue weighted by molar-refractivity contribution is 6.30. The van der Waals surface area contributed by atoms with Gasteiger partial charge in [-0.3, -0.25) is 4.79 Å². The smallest absolute Gasteiger partial charge is 0.342 e. The van der Waals surface area contributed by atoms with Crippen LogP contribution in [0.15, 0.2) is 42.5 Å². The van der Waals surface area contributed by atoms with Crippen molar-refractivity contribution in [2.45, 2.75) is 20.8 Å². The van der Waals surface area contributed by atoms with E-state index in [2.05, 4.69) is 10.4 Å². The Labute approximate surface area is 172 Å². The van der Waals surface area contributed by atoms with Gasteiger partial charge in [-0.25, -0.2) is 9.48 Å². The number of amides is 1. The average Bonchev–Trinajstić information content (AvgIpc) is 2.95. The fraction of sp³-hybridized carbons (Fsp3) is 0.190. The molecule has 1 amide bonds. The fourth-order valence-corrected chi connectivity index (χ4v) is 2.99. The van der Waals surface area contributed by atoms with E-state index >= 15 is 0 Å². The van der Waals surface area contributed by atoms with Gasteiger partial charge in [0.25, 0.3) is 5.91 Å². The van der Waals surface area contributed by atoms with Gasteiger partial charge in [0.15, 0.2) is 6.61 Å². The van der Waals surface area contributed by atoms with Gasteiger partial charge in [-0.2, -0.15) is 5.10 Å². The van der Waals surface area contributed by atoms with E-state index in [0.717, 1.165) is 16.9 Å². The maximum atomic E-state index is 12.3. The number of halogens is 1. The number of nitrogens with zero attached hydrogens (tertiary/aromatic N) is 2. The molecule has 2 aromatic carbocycles. The first-order chi connectivity index (χ1) is 13.8. The topological polar surface area (TPSA) is 93.5 Å². The summed E-state index contributed by atoms with van der Waals surface area (Å²) in [6.07, 6.45) is 0. The number of carbonyl (C=O) groups is 2. The lowest BCUT2D eigenvalue weighted by atomic mass is 10.2. The Morgan fingerprint density at radius 2 is 1.83 bits per heavy atom. The van der Waals surface area contributed by atoms with Crippen molar-refractivity contribution < 1.29 is 19.4 Å². The third-order valence-corrected chi connectivity index (χ3v) is 4.58. The molecule has 150 valence electrons. The molecule has 0 spiro atoms. The number of hydrogen-bond donors (Lipinski definition) is 2. The van der Waals surface area contributed by atoms with Crippen molar-refractivity contribution in [3.63, 3.8) is 0 Å². The molecule has 0 fully saturated rings. The number of esters is 1. The molecule has 0 atom stereocenters. The van der Waals surface area contributed by atoms with Crippen molar-refractivity contribution in [3.8, 4) is 11.4 Å². The Balaban J connectivity index is 1.68. The van der Waals surface area contributed by atoms with Crippen molar-refractivity contribution >= 4 is 29.2 Å². The second-order valence-corrected chi connectivity index (χ2v) is 7.02. The first-order valence-electron chi connectivity index (χ1n) is 8.85. The third-order valence-electron chi connectivity index (χ3n) is 4.35. The van der Waals surface area contributed by atoms with Crippen molar-refractivity contribution in [2.24, 2.45) is 0 Å². The molecule has 0 saturated heterocycles. The largest absolute Gasteiger partial charge is 0.507 e. The van der Waals surface area contributed by atoms with Gasteiger partial charge < -0.3 is 15.2 Å². The minimum absolute atomic E-state index is 0.0678. The number of benzene rings is 2. The lowest BCUT2D eigenvalue weighted by molar-refractivity contribution is -0.119. The van der Waals surface area contributed by atoms with Crippen molar-refractivity contribution in [3.05, 3.63) is 70.0 Å². The fourth-order valence-electron chi connectivity index (χ4n) is 2.82. The molecular formula is C21H20ClN3O4. The van der Waals surface area contributed by atoms with Crippen molar-refractivity contribution in [2.75, 3.05) is 11.9 Å². The van der Waals surface area contributed by atoms with E-state index in [1.165, 1.54) is 18.2 Å². The molecule has 0 saturated carbocycles. The molecule has 0 radical (unpaired) electrons. The summed E-state index contributed by atoms with van der Waals surface area (Å²) in [5, 5.41) is 17.3. The number of aromatic hydroxyl groups is 1. The van der Waals surface area contributed by atoms with Crippen LogP contribution in [0.2, 0.25) is 5.02 Å². The zero-order valence-electron chi connectivity index (χ0n) is 16.2. The molecule has 3 aromatic rings. The molecule has 0 bridgehead atoms. The predicted molar refractivity (Wildman–Crippen MR) is 110 cm³/mol.